The van der Waals surface area contributed by atoms with Gasteiger partial charge in [-0.25, -0.2) is 0 Å². The fourth-order valence-corrected chi connectivity index (χ4v) is 5.62. The monoisotopic (exact) mass is 394 g/mol. The third kappa shape index (κ3) is 16.9. The quantitative estimate of drug-likeness (QED) is 0.191. The molecular weight excluding hydrogens is 336 g/mol. The fourth-order valence-electron chi connectivity index (χ4n) is 5.62. The molecule has 0 amide bonds. The van der Waals surface area contributed by atoms with Crippen LogP contribution in [0.5, 0.6) is 0 Å². The predicted molar refractivity (Wildman–Crippen MR) is 131 cm³/mol. The first kappa shape index (κ1) is 28.0. The van der Waals surface area contributed by atoms with E-state index in [1.54, 1.807) is 0 Å². The van der Waals surface area contributed by atoms with Crippen LogP contribution in [0.15, 0.2) is 0 Å². The van der Waals surface area contributed by atoms with Crippen molar-refractivity contribution in [1.82, 2.24) is 0 Å². The molecule has 0 aromatic carbocycles. The summed E-state index contributed by atoms with van der Waals surface area (Å²) < 4.78 is 0. The molecule has 0 spiro atoms. The highest BCUT2D eigenvalue weighted by atomic mass is 14.2. The first-order valence-electron chi connectivity index (χ1n) is 13.3. The zero-order chi connectivity index (χ0) is 21.4. The lowest BCUT2D eigenvalue weighted by molar-refractivity contribution is 0.292. The lowest BCUT2D eigenvalue weighted by Gasteiger charge is -2.23. The summed E-state index contributed by atoms with van der Waals surface area (Å²) in [5.74, 6) is 5.52. The Hall–Kier alpha value is 0. The minimum Gasteiger partial charge on any atom is -0.0654 e. The smallest absolute Gasteiger partial charge is 0.0438 e. The molecule has 0 rings (SSSR count). The number of rotatable bonds is 19. The second kappa shape index (κ2) is 17.8. The Morgan fingerprint density at radius 1 is 0.357 bits per heavy atom. The average Bonchev–Trinajstić information content (AvgIpc) is 2.59. The summed E-state index contributed by atoms with van der Waals surface area (Å²) in [5, 5.41) is 0. The average molecular weight is 395 g/mol. The van der Waals surface area contributed by atoms with E-state index in [9.17, 15) is 0 Å². The molecule has 6 atom stereocenters. The Morgan fingerprint density at radius 2 is 0.714 bits per heavy atom. The largest absolute Gasteiger partial charge is 0.0654 e. The molecule has 0 heterocycles. The van der Waals surface area contributed by atoms with Gasteiger partial charge in [-0.2, -0.15) is 0 Å². The molecule has 0 unspecified atom stereocenters. The van der Waals surface area contributed by atoms with E-state index in [4.69, 9.17) is 0 Å². The van der Waals surface area contributed by atoms with E-state index in [-0.39, 0.29) is 0 Å². The predicted octanol–water partition coefficient (Wildman–Crippen LogP) is 10.3. The Balaban J connectivity index is 3.73. The van der Waals surface area contributed by atoms with Gasteiger partial charge in [0.25, 0.3) is 0 Å². The van der Waals surface area contributed by atoms with Crippen LogP contribution >= 0.6 is 0 Å². The molecule has 0 saturated heterocycles. The Kier molecular flexibility index (Phi) is 17.8. The zero-order valence-electron chi connectivity index (χ0n) is 21.4. The van der Waals surface area contributed by atoms with E-state index >= 15 is 0 Å². The van der Waals surface area contributed by atoms with Crippen LogP contribution < -0.4 is 0 Å². The maximum absolute atomic E-state index is 2.50. The standard InChI is InChI=1S/C28H58/c1-9-11-16-24(4)19-25(5)17-13-12-14-18-26(6)21-28(8)22-27(7)20-23(3)15-10-2/h23-28H,9-22H2,1-8H3/t23-,24-,25+,26+,27+,28+/m1/s1. The van der Waals surface area contributed by atoms with Crippen LogP contribution in [0.3, 0.4) is 0 Å². The third-order valence-electron chi connectivity index (χ3n) is 6.94. The zero-order valence-corrected chi connectivity index (χ0v) is 21.4. The highest BCUT2D eigenvalue weighted by molar-refractivity contribution is 4.67. The Labute approximate surface area is 181 Å². The van der Waals surface area contributed by atoms with Crippen LogP contribution in [-0.4, -0.2) is 0 Å². The molecule has 170 valence electrons. The molecule has 0 aliphatic carbocycles. The summed E-state index contributed by atoms with van der Waals surface area (Å²) in [5.41, 5.74) is 0. The maximum atomic E-state index is 2.50. The van der Waals surface area contributed by atoms with Gasteiger partial charge in [0.2, 0.25) is 0 Å². The lowest BCUT2D eigenvalue weighted by Crippen LogP contribution is -2.10. The summed E-state index contributed by atoms with van der Waals surface area (Å²) in [6.07, 6.45) is 20.0. The van der Waals surface area contributed by atoms with Crippen molar-refractivity contribution in [2.24, 2.45) is 35.5 Å². The Morgan fingerprint density at radius 3 is 1.14 bits per heavy atom. The van der Waals surface area contributed by atoms with Crippen molar-refractivity contribution in [3.8, 4) is 0 Å². The molecule has 0 bridgehead atoms. The second-order valence-corrected chi connectivity index (χ2v) is 11.1. The van der Waals surface area contributed by atoms with Crippen molar-refractivity contribution in [1.29, 1.82) is 0 Å². The number of hydrogen-bond donors (Lipinski definition) is 0. The second-order valence-electron chi connectivity index (χ2n) is 11.1. The highest BCUT2D eigenvalue weighted by Gasteiger charge is 2.15. The van der Waals surface area contributed by atoms with Gasteiger partial charge in [0.15, 0.2) is 0 Å². The van der Waals surface area contributed by atoms with E-state index in [2.05, 4.69) is 55.4 Å². The molecule has 0 nitrogen and oxygen atoms in total. The normalized spacial score (nSPS) is 18.4. The first-order valence-corrected chi connectivity index (χ1v) is 13.3. The molecule has 0 N–H and O–H groups in total. The van der Waals surface area contributed by atoms with Gasteiger partial charge in [-0.3, -0.25) is 0 Å². The first-order chi connectivity index (χ1) is 13.3. The molecular formula is C28H58. The van der Waals surface area contributed by atoms with Gasteiger partial charge in [0, 0.05) is 0 Å². The van der Waals surface area contributed by atoms with Crippen LogP contribution in [0.1, 0.15) is 145 Å². The van der Waals surface area contributed by atoms with Gasteiger partial charge in [-0.05, 0) is 61.2 Å². The van der Waals surface area contributed by atoms with Gasteiger partial charge in [0.1, 0.15) is 0 Å². The van der Waals surface area contributed by atoms with Gasteiger partial charge >= 0.3 is 0 Å². The topological polar surface area (TPSA) is 0 Å². The Bertz CT molecular complexity index is 320. The van der Waals surface area contributed by atoms with Crippen molar-refractivity contribution in [2.45, 2.75) is 145 Å². The maximum Gasteiger partial charge on any atom is -0.0438 e. The number of unbranched alkanes of at least 4 members (excludes halogenated alkanes) is 3. The minimum absolute atomic E-state index is 0.906. The molecule has 0 radical (unpaired) electrons. The minimum atomic E-state index is 0.906. The van der Waals surface area contributed by atoms with Crippen molar-refractivity contribution >= 4 is 0 Å². The van der Waals surface area contributed by atoms with Gasteiger partial charge in [-0.1, -0.05) is 120 Å². The van der Waals surface area contributed by atoms with Gasteiger partial charge < -0.3 is 0 Å². The van der Waals surface area contributed by atoms with Crippen molar-refractivity contribution in [3.63, 3.8) is 0 Å². The molecule has 28 heavy (non-hydrogen) atoms. The molecule has 0 fully saturated rings. The van der Waals surface area contributed by atoms with Gasteiger partial charge in [-0.15, -0.1) is 0 Å². The third-order valence-corrected chi connectivity index (χ3v) is 6.94. The van der Waals surface area contributed by atoms with Crippen LogP contribution in [0, 0.1) is 35.5 Å². The van der Waals surface area contributed by atoms with E-state index in [1.807, 2.05) is 0 Å². The van der Waals surface area contributed by atoms with E-state index < -0.39 is 0 Å². The van der Waals surface area contributed by atoms with Crippen LogP contribution in [0.25, 0.3) is 0 Å². The van der Waals surface area contributed by atoms with Crippen LogP contribution in [0.4, 0.5) is 0 Å². The summed E-state index contributed by atoms with van der Waals surface area (Å²) >= 11 is 0. The summed E-state index contributed by atoms with van der Waals surface area (Å²) in [6.45, 7) is 19.5. The fraction of sp³-hybridized carbons (Fsp3) is 1.00. The SMILES string of the molecule is CCCC[C@@H](C)C[C@@H](C)CCCCC[C@H](C)C[C@H](C)C[C@@H](C)C[C@H](C)CCC. The van der Waals surface area contributed by atoms with Crippen molar-refractivity contribution in [3.05, 3.63) is 0 Å². The van der Waals surface area contributed by atoms with Crippen molar-refractivity contribution < 1.29 is 0 Å². The number of hydrogen-bond acceptors (Lipinski definition) is 0. The lowest BCUT2D eigenvalue weighted by atomic mass is 9.83. The van der Waals surface area contributed by atoms with Crippen LogP contribution in [-0.2, 0) is 0 Å². The molecule has 0 aromatic rings. The summed E-state index contributed by atoms with van der Waals surface area (Å²) in [4.78, 5) is 0. The van der Waals surface area contributed by atoms with E-state index in [0.717, 1.165) is 35.5 Å². The molecule has 0 heteroatoms. The van der Waals surface area contributed by atoms with Crippen molar-refractivity contribution in [2.75, 3.05) is 0 Å². The van der Waals surface area contributed by atoms with E-state index in [0.29, 0.717) is 0 Å². The van der Waals surface area contributed by atoms with E-state index in [1.165, 1.54) is 89.9 Å². The van der Waals surface area contributed by atoms with Gasteiger partial charge in [0.05, 0.1) is 0 Å². The highest BCUT2D eigenvalue weighted by Crippen LogP contribution is 2.28. The molecule has 0 aliphatic heterocycles. The summed E-state index contributed by atoms with van der Waals surface area (Å²) in [6, 6.07) is 0. The van der Waals surface area contributed by atoms with Crippen LogP contribution in [0.2, 0.25) is 0 Å². The summed E-state index contributed by atoms with van der Waals surface area (Å²) in [7, 11) is 0. The molecule has 0 saturated carbocycles. The molecule has 0 aromatic heterocycles. The molecule has 0 aliphatic rings.